The molecule has 0 saturated carbocycles. The van der Waals surface area contributed by atoms with Crippen LogP contribution in [0.3, 0.4) is 0 Å². The van der Waals surface area contributed by atoms with Crippen molar-refractivity contribution in [1.82, 2.24) is 5.32 Å². The zero-order valence-corrected chi connectivity index (χ0v) is 12.4. The molecule has 0 bridgehead atoms. The lowest BCUT2D eigenvalue weighted by Crippen LogP contribution is -2.27. The molecular weight excluding hydrogens is 297 g/mol. The van der Waals surface area contributed by atoms with E-state index in [0.29, 0.717) is 18.5 Å². The lowest BCUT2D eigenvalue weighted by molar-refractivity contribution is -0.122. The quantitative estimate of drug-likeness (QED) is 0.864. The Labute approximate surface area is 133 Å². The molecule has 0 aromatic heterocycles. The molecule has 1 atom stereocenters. The van der Waals surface area contributed by atoms with E-state index in [-0.39, 0.29) is 18.1 Å². The molecule has 23 heavy (non-hydrogen) atoms. The second-order valence-corrected chi connectivity index (χ2v) is 5.42. The van der Waals surface area contributed by atoms with Gasteiger partial charge < -0.3 is 10.1 Å². The van der Waals surface area contributed by atoms with E-state index < -0.39 is 12.1 Å². The maximum atomic E-state index is 13.1. The Balaban J connectivity index is 1.52. The highest BCUT2D eigenvalue weighted by atomic mass is 19.1. The lowest BCUT2D eigenvalue weighted by Gasteiger charge is -2.11. The van der Waals surface area contributed by atoms with Crippen LogP contribution in [0.25, 0.3) is 0 Å². The van der Waals surface area contributed by atoms with Gasteiger partial charge in [-0.05, 0) is 30.2 Å². The second-order valence-electron chi connectivity index (χ2n) is 5.42. The number of carbonyl (C=O) groups is 2. The van der Waals surface area contributed by atoms with Crippen LogP contribution in [-0.2, 0) is 16.0 Å². The lowest BCUT2D eigenvalue weighted by atomic mass is 10.0. The largest absolute Gasteiger partial charge is 0.453 e. The van der Waals surface area contributed by atoms with E-state index in [9.17, 15) is 14.0 Å². The fourth-order valence-electron chi connectivity index (χ4n) is 2.65. The van der Waals surface area contributed by atoms with Gasteiger partial charge in [0.1, 0.15) is 11.9 Å². The minimum atomic E-state index is -0.534. The highest BCUT2D eigenvalue weighted by molar-refractivity contribution is 5.94. The number of rotatable bonds is 5. The first-order valence-corrected chi connectivity index (χ1v) is 7.44. The third-order valence-electron chi connectivity index (χ3n) is 3.77. The van der Waals surface area contributed by atoms with Gasteiger partial charge in [0.2, 0.25) is 5.91 Å². The summed E-state index contributed by atoms with van der Waals surface area (Å²) in [7, 11) is 0. The van der Waals surface area contributed by atoms with E-state index in [0.717, 1.165) is 11.1 Å². The van der Waals surface area contributed by atoms with Crippen LogP contribution >= 0.6 is 0 Å². The molecule has 1 aliphatic heterocycles. The van der Waals surface area contributed by atoms with Crippen molar-refractivity contribution < 1.29 is 18.7 Å². The van der Waals surface area contributed by atoms with Crippen molar-refractivity contribution in [2.75, 3.05) is 6.54 Å². The molecule has 2 aromatic carbocycles. The van der Waals surface area contributed by atoms with Crippen LogP contribution in [0.4, 0.5) is 4.39 Å². The molecule has 0 saturated heterocycles. The molecule has 1 N–H and O–H groups in total. The normalized spacial score (nSPS) is 15.9. The van der Waals surface area contributed by atoms with Gasteiger partial charge >= 0.3 is 5.97 Å². The summed E-state index contributed by atoms with van der Waals surface area (Å²) in [6.45, 7) is 0.407. The van der Waals surface area contributed by atoms with Crippen LogP contribution in [0.5, 0.6) is 0 Å². The van der Waals surface area contributed by atoms with Crippen LogP contribution in [0.15, 0.2) is 48.5 Å². The first kappa shape index (κ1) is 15.2. The van der Waals surface area contributed by atoms with Crippen molar-refractivity contribution >= 4 is 11.9 Å². The molecule has 4 nitrogen and oxygen atoms in total. The molecule has 1 heterocycles. The first-order chi connectivity index (χ1) is 11.1. The zero-order chi connectivity index (χ0) is 16.2. The van der Waals surface area contributed by atoms with Crippen molar-refractivity contribution in [2.24, 2.45) is 0 Å². The van der Waals surface area contributed by atoms with E-state index in [4.69, 9.17) is 4.74 Å². The summed E-state index contributed by atoms with van der Waals surface area (Å²) >= 11 is 0. The Morgan fingerprint density at radius 2 is 2.00 bits per heavy atom. The van der Waals surface area contributed by atoms with Gasteiger partial charge in [-0.1, -0.05) is 30.3 Å². The van der Waals surface area contributed by atoms with Crippen molar-refractivity contribution in [1.29, 1.82) is 0 Å². The van der Waals surface area contributed by atoms with Crippen LogP contribution in [-0.4, -0.2) is 18.4 Å². The minimum Gasteiger partial charge on any atom is -0.453 e. The Hall–Kier alpha value is -2.69. The van der Waals surface area contributed by atoms with Crippen LogP contribution in [0, 0.1) is 5.82 Å². The summed E-state index contributed by atoms with van der Waals surface area (Å²) in [5.41, 5.74) is 2.09. The van der Waals surface area contributed by atoms with Gasteiger partial charge in [-0.25, -0.2) is 9.18 Å². The zero-order valence-electron chi connectivity index (χ0n) is 12.4. The summed E-state index contributed by atoms with van der Waals surface area (Å²) in [6.07, 6.45) is 0.101. The highest BCUT2D eigenvalue weighted by Gasteiger charge is 2.31. The smallest absolute Gasteiger partial charge is 0.339 e. The van der Waals surface area contributed by atoms with Gasteiger partial charge in [0, 0.05) is 12.1 Å². The average Bonchev–Trinajstić information content (AvgIpc) is 2.84. The molecule has 0 unspecified atom stereocenters. The van der Waals surface area contributed by atoms with E-state index >= 15 is 0 Å². The first-order valence-electron chi connectivity index (χ1n) is 7.44. The SMILES string of the molecule is O=C(C[C@@H]1OC(=O)c2ccccc21)NCCc1cccc(F)c1. The van der Waals surface area contributed by atoms with Gasteiger partial charge in [0.15, 0.2) is 0 Å². The van der Waals surface area contributed by atoms with Crippen molar-refractivity contribution in [3.63, 3.8) is 0 Å². The van der Waals surface area contributed by atoms with E-state index in [1.807, 2.05) is 12.1 Å². The number of carbonyl (C=O) groups excluding carboxylic acids is 2. The molecule has 1 amide bonds. The average molecular weight is 313 g/mol. The molecule has 0 fully saturated rings. The number of hydrogen-bond donors (Lipinski definition) is 1. The van der Waals surface area contributed by atoms with Crippen LogP contribution in [0.1, 0.15) is 34.0 Å². The fraction of sp³-hybridized carbons (Fsp3) is 0.222. The second kappa shape index (κ2) is 6.60. The predicted molar refractivity (Wildman–Crippen MR) is 82.3 cm³/mol. The van der Waals surface area contributed by atoms with Gasteiger partial charge in [-0.2, -0.15) is 0 Å². The van der Waals surface area contributed by atoms with Crippen molar-refractivity contribution in [3.8, 4) is 0 Å². The molecular formula is C18H16FNO3. The summed E-state index contributed by atoms with van der Waals surface area (Å²) in [5.74, 6) is -0.877. The Morgan fingerprint density at radius 1 is 1.17 bits per heavy atom. The number of nitrogens with one attached hydrogen (secondary N) is 1. The minimum absolute atomic E-state index is 0.0892. The number of esters is 1. The fourth-order valence-corrected chi connectivity index (χ4v) is 2.65. The summed E-state index contributed by atoms with van der Waals surface area (Å²) < 4.78 is 18.3. The van der Waals surface area contributed by atoms with Crippen molar-refractivity contribution in [3.05, 3.63) is 71.0 Å². The Bertz CT molecular complexity index is 745. The number of halogens is 1. The highest BCUT2D eigenvalue weighted by Crippen LogP contribution is 2.32. The number of cyclic esters (lactones) is 1. The van der Waals surface area contributed by atoms with Gasteiger partial charge in [-0.15, -0.1) is 0 Å². The standard InChI is InChI=1S/C18H16FNO3/c19-13-5-3-4-12(10-13)8-9-20-17(21)11-16-14-6-1-2-7-15(14)18(22)23-16/h1-7,10,16H,8-9,11H2,(H,20,21)/t16-/m0/s1. The van der Waals surface area contributed by atoms with E-state index in [1.165, 1.54) is 12.1 Å². The third kappa shape index (κ3) is 3.56. The number of benzene rings is 2. The number of amides is 1. The molecule has 5 heteroatoms. The van der Waals surface area contributed by atoms with Gasteiger partial charge in [0.05, 0.1) is 12.0 Å². The molecule has 0 radical (unpaired) electrons. The Morgan fingerprint density at radius 3 is 2.83 bits per heavy atom. The number of ether oxygens (including phenoxy) is 1. The summed E-state index contributed by atoms with van der Waals surface area (Å²) in [4.78, 5) is 23.7. The monoisotopic (exact) mass is 313 g/mol. The topological polar surface area (TPSA) is 55.4 Å². The van der Waals surface area contributed by atoms with Crippen LogP contribution < -0.4 is 5.32 Å². The third-order valence-corrected chi connectivity index (χ3v) is 3.77. The summed E-state index contributed by atoms with van der Waals surface area (Å²) in [6, 6.07) is 13.3. The summed E-state index contributed by atoms with van der Waals surface area (Å²) in [5, 5.41) is 2.77. The molecule has 3 rings (SSSR count). The Kier molecular flexibility index (Phi) is 4.37. The number of hydrogen-bond acceptors (Lipinski definition) is 3. The van der Waals surface area contributed by atoms with Gasteiger partial charge in [-0.3, -0.25) is 4.79 Å². The maximum absolute atomic E-state index is 13.1. The van der Waals surface area contributed by atoms with E-state index in [2.05, 4.69) is 5.32 Å². The van der Waals surface area contributed by atoms with Crippen molar-refractivity contribution in [2.45, 2.75) is 18.9 Å². The molecule has 1 aliphatic rings. The molecule has 0 spiro atoms. The molecule has 0 aliphatic carbocycles. The molecule has 2 aromatic rings. The maximum Gasteiger partial charge on any atom is 0.339 e. The van der Waals surface area contributed by atoms with E-state index in [1.54, 1.807) is 24.3 Å². The molecule has 118 valence electrons. The number of fused-ring (bicyclic) bond motifs is 1. The van der Waals surface area contributed by atoms with Gasteiger partial charge in [0.25, 0.3) is 0 Å². The predicted octanol–water partition coefficient (Wildman–Crippen LogP) is 2.79. The van der Waals surface area contributed by atoms with Crippen LogP contribution in [0.2, 0.25) is 0 Å².